The minimum Gasteiger partial charge on any atom is -0.248 e. The van der Waals surface area contributed by atoms with Gasteiger partial charge in [-0.15, -0.1) is 16.9 Å². The minimum atomic E-state index is 0.991. The maximum atomic E-state index is 4.31. The van der Waals surface area contributed by atoms with E-state index in [4.69, 9.17) is 0 Å². The molecule has 2 aliphatic rings. The van der Waals surface area contributed by atoms with E-state index >= 15 is 0 Å². The van der Waals surface area contributed by atoms with Crippen molar-refractivity contribution < 1.29 is 0 Å². The second-order valence-corrected chi connectivity index (χ2v) is 3.65. The summed E-state index contributed by atoms with van der Waals surface area (Å²) >= 11 is 1.75. The van der Waals surface area contributed by atoms with Crippen molar-refractivity contribution in [3.05, 3.63) is 22.3 Å². The van der Waals surface area contributed by atoms with E-state index in [1.54, 1.807) is 18.0 Å². The van der Waals surface area contributed by atoms with E-state index in [1.807, 2.05) is 6.20 Å². The molecule has 2 aliphatic heterocycles. The SMILES string of the molecule is C1=NN=c2c1cnc1c2=CCS1. The van der Waals surface area contributed by atoms with E-state index in [2.05, 4.69) is 21.3 Å². The van der Waals surface area contributed by atoms with Crippen molar-refractivity contribution in [2.24, 2.45) is 10.2 Å². The molecule has 1 aromatic rings. The second-order valence-electron chi connectivity index (χ2n) is 2.64. The molecule has 58 valence electrons. The fourth-order valence-corrected chi connectivity index (χ4v) is 2.24. The number of thioether (sulfide) groups is 1. The predicted molar refractivity (Wildman–Crippen MR) is 47.8 cm³/mol. The highest BCUT2D eigenvalue weighted by molar-refractivity contribution is 7.99. The molecule has 0 aromatic carbocycles. The van der Waals surface area contributed by atoms with Gasteiger partial charge in [-0.05, 0) is 0 Å². The molecule has 3 heterocycles. The van der Waals surface area contributed by atoms with Gasteiger partial charge in [-0.3, -0.25) is 0 Å². The van der Waals surface area contributed by atoms with Gasteiger partial charge in [-0.2, -0.15) is 5.10 Å². The van der Waals surface area contributed by atoms with Crippen LogP contribution in [0.25, 0.3) is 6.08 Å². The number of nitrogens with zero attached hydrogens (tertiary/aromatic N) is 3. The highest BCUT2D eigenvalue weighted by atomic mass is 32.2. The minimum absolute atomic E-state index is 0.991. The number of hydrogen-bond donors (Lipinski definition) is 0. The summed E-state index contributed by atoms with van der Waals surface area (Å²) in [5.41, 5.74) is 1.03. The Morgan fingerprint density at radius 3 is 3.42 bits per heavy atom. The molecular formula is C8H5N3S. The Labute approximate surface area is 72.9 Å². The quantitative estimate of drug-likeness (QED) is 0.553. The lowest BCUT2D eigenvalue weighted by Crippen LogP contribution is -2.28. The van der Waals surface area contributed by atoms with Crippen LogP contribution in [0.3, 0.4) is 0 Å². The average molecular weight is 175 g/mol. The molecule has 0 N–H and O–H groups in total. The van der Waals surface area contributed by atoms with Gasteiger partial charge in [0.1, 0.15) is 10.4 Å². The zero-order valence-electron chi connectivity index (χ0n) is 6.19. The molecule has 4 heteroatoms. The summed E-state index contributed by atoms with van der Waals surface area (Å²) in [5, 5.41) is 11.2. The lowest BCUT2D eigenvalue weighted by Gasteiger charge is -1.91. The fraction of sp³-hybridized carbons (Fsp3) is 0.125. The van der Waals surface area contributed by atoms with Crippen LogP contribution in [0.5, 0.6) is 0 Å². The smallest absolute Gasteiger partial charge is 0.106 e. The molecule has 0 bridgehead atoms. The van der Waals surface area contributed by atoms with Crippen LogP contribution in [0.1, 0.15) is 5.56 Å². The molecule has 0 saturated heterocycles. The van der Waals surface area contributed by atoms with Crippen LogP contribution in [-0.2, 0) is 0 Å². The first-order chi connectivity index (χ1) is 5.95. The summed E-state index contributed by atoms with van der Waals surface area (Å²) in [5.74, 6) is 1.01. The molecule has 0 unspecified atom stereocenters. The van der Waals surface area contributed by atoms with Gasteiger partial charge in [0.05, 0.1) is 6.21 Å². The van der Waals surface area contributed by atoms with Crippen LogP contribution in [0.4, 0.5) is 0 Å². The zero-order chi connectivity index (χ0) is 7.97. The number of pyridine rings is 1. The van der Waals surface area contributed by atoms with Gasteiger partial charge in [-0.25, -0.2) is 4.98 Å². The molecule has 0 amide bonds. The van der Waals surface area contributed by atoms with Crippen LogP contribution < -0.4 is 10.6 Å². The molecule has 1 aromatic heterocycles. The first-order valence-electron chi connectivity index (χ1n) is 3.68. The molecule has 0 aliphatic carbocycles. The summed E-state index contributed by atoms with van der Waals surface area (Å²) in [6.45, 7) is 0. The third-order valence-corrected chi connectivity index (χ3v) is 2.87. The molecule has 0 saturated carbocycles. The van der Waals surface area contributed by atoms with E-state index < -0.39 is 0 Å². The van der Waals surface area contributed by atoms with Gasteiger partial charge in [0.25, 0.3) is 0 Å². The van der Waals surface area contributed by atoms with Crippen LogP contribution in [0, 0.1) is 0 Å². The maximum absolute atomic E-state index is 4.31. The molecular weight excluding hydrogens is 170 g/mol. The van der Waals surface area contributed by atoms with Crippen LogP contribution in [0.2, 0.25) is 0 Å². The maximum Gasteiger partial charge on any atom is 0.106 e. The van der Waals surface area contributed by atoms with Crippen LogP contribution in [0.15, 0.2) is 21.4 Å². The Hall–Kier alpha value is -1.16. The van der Waals surface area contributed by atoms with Crippen LogP contribution >= 0.6 is 11.8 Å². The van der Waals surface area contributed by atoms with E-state index in [0.29, 0.717) is 0 Å². The highest BCUT2D eigenvalue weighted by Gasteiger charge is 2.10. The Kier molecular flexibility index (Phi) is 1.15. The molecule has 0 atom stereocenters. The van der Waals surface area contributed by atoms with E-state index in [9.17, 15) is 0 Å². The first-order valence-corrected chi connectivity index (χ1v) is 4.67. The van der Waals surface area contributed by atoms with Gasteiger partial charge in [-0.1, -0.05) is 6.08 Å². The van der Waals surface area contributed by atoms with Gasteiger partial charge in [0, 0.05) is 22.7 Å². The zero-order valence-corrected chi connectivity index (χ0v) is 7.01. The Balaban J connectivity index is 2.54. The summed E-state index contributed by atoms with van der Waals surface area (Å²) in [6.07, 6.45) is 5.74. The average Bonchev–Trinajstić information content (AvgIpc) is 2.71. The van der Waals surface area contributed by atoms with Gasteiger partial charge in [0.2, 0.25) is 0 Å². The van der Waals surface area contributed by atoms with Crippen molar-refractivity contribution in [2.45, 2.75) is 5.03 Å². The molecule has 3 nitrogen and oxygen atoms in total. The summed E-state index contributed by atoms with van der Waals surface area (Å²) in [7, 11) is 0. The summed E-state index contributed by atoms with van der Waals surface area (Å²) in [4.78, 5) is 4.31. The van der Waals surface area contributed by atoms with Crippen molar-refractivity contribution in [1.29, 1.82) is 0 Å². The molecule has 0 radical (unpaired) electrons. The lowest BCUT2D eigenvalue weighted by atomic mass is 10.2. The Bertz CT molecular complexity index is 490. The van der Waals surface area contributed by atoms with E-state index in [-0.39, 0.29) is 0 Å². The standard InChI is InChI=1S/C8H5N3S/c1-2-12-8-6(1)7-5(3-9-8)4-10-11-7/h1,3-4H,2H2. The van der Waals surface area contributed by atoms with Crippen molar-refractivity contribution in [1.82, 2.24) is 4.98 Å². The monoisotopic (exact) mass is 175 g/mol. The van der Waals surface area contributed by atoms with Crippen LogP contribution in [-0.4, -0.2) is 17.0 Å². The molecule has 3 rings (SSSR count). The number of hydrogen-bond acceptors (Lipinski definition) is 4. The van der Waals surface area contributed by atoms with Gasteiger partial charge in [0.15, 0.2) is 0 Å². The summed E-state index contributed by atoms with van der Waals surface area (Å²) < 4.78 is 0. The number of aromatic nitrogens is 1. The van der Waals surface area contributed by atoms with Gasteiger partial charge < -0.3 is 0 Å². The number of fused-ring (bicyclic) bond motifs is 3. The predicted octanol–water partition coefficient (Wildman–Crippen LogP) is -0.0651. The fourth-order valence-electron chi connectivity index (χ4n) is 1.37. The Morgan fingerprint density at radius 1 is 1.42 bits per heavy atom. The third kappa shape index (κ3) is 0.701. The summed E-state index contributed by atoms with van der Waals surface area (Å²) in [6, 6.07) is 0. The van der Waals surface area contributed by atoms with Crippen molar-refractivity contribution >= 4 is 24.1 Å². The van der Waals surface area contributed by atoms with E-state index in [1.165, 1.54) is 0 Å². The Morgan fingerprint density at radius 2 is 2.42 bits per heavy atom. The van der Waals surface area contributed by atoms with Gasteiger partial charge >= 0.3 is 0 Å². The third-order valence-electron chi connectivity index (χ3n) is 1.94. The van der Waals surface area contributed by atoms with Crippen molar-refractivity contribution in [3.63, 3.8) is 0 Å². The van der Waals surface area contributed by atoms with Crippen molar-refractivity contribution in [3.8, 4) is 0 Å². The molecule has 0 fully saturated rings. The first kappa shape index (κ1) is 6.37. The number of rotatable bonds is 0. The second kappa shape index (κ2) is 2.17. The van der Waals surface area contributed by atoms with E-state index in [0.717, 1.165) is 26.9 Å². The molecule has 12 heavy (non-hydrogen) atoms. The van der Waals surface area contributed by atoms with Crippen molar-refractivity contribution in [2.75, 3.05) is 5.75 Å². The normalized spacial score (nSPS) is 16.7. The largest absolute Gasteiger partial charge is 0.248 e. The highest BCUT2D eigenvalue weighted by Crippen LogP contribution is 2.14. The molecule has 0 spiro atoms. The lowest BCUT2D eigenvalue weighted by molar-refractivity contribution is 1.05. The topological polar surface area (TPSA) is 37.6 Å².